The van der Waals surface area contributed by atoms with E-state index in [0.717, 1.165) is 0 Å². The van der Waals surface area contributed by atoms with Crippen molar-refractivity contribution in [2.24, 2.45) is 0 Å². The van der Waals surface area contributed by atoms with Crippen molar-refractivity contribution >= 4 is 5.91 Å². The van der Waals surface area contributed by atoms with Gasteiger partial charge in [-0.1, -0.05) is 0 Å². The highest BCUT2D eigenvalue weighted by molar-refractivity contribution is 5.74. The van der Waals surface area contributed by atoms with Crippen LogP contribution in [-0.2, 0) is 9.53 Å². The summed E-state index contributed by atoms with van der Waals surface area (Å²) in [6.45, 7) is 4.43. The fourth-order valence-corrected chi connectivity index (χ4v) is 0.608. The molecule has 0 unspecified atom stereocenters. The lowest BCUT2D eigenvalue weighted by molar-refractivity contribution is -0.129. The van der Waals surface area contributed by atoms with Crippen molar-refractivity contribution in [2.75, 3.05) is 6.61 Å². The summed E-state index contributed by atoms with van der Waals surface area (Å²) in [5.74, 6) is -0.364. The zero-order valence-corrected chi connectivity index (χ0v) is 6.96. The fourth-order valence-electron chi connectivity index (χ4n) is 0.608. The number of ether oxygens (including phenoxy) is 1. The maximum atomic E-state index is 10.4. The highest BCUT2D eigenvalue weighted by Gasteiger charge is 1.98. The number of carbonyl (C=O) groups is 1. The van der Waals surface area contributed by atoms with Gasteiger partial charge in [-0.15, -0.1) is 0 Å². The van der Waals surface area contributed by atoms with Gasteiger partial charge >= 0.3 is 0 Å². The van der Waals surface area contributed by atoms with Gasteiger partial charge in [-0.05, 0) is 20.3 Å². The third-order valence-electron chi connectivity index (χ3n) is 1.12. The van der Waals surface area contributed by atoms with E-state index in [1.807, 2.05) is 13.8 Å². The SMILES string of the molecule is CC(C)OCCCC(=O)NO. The summed E-state index contributed by atoms with van der Waals surface area (Å²) in [6, 6.07) is 0. The van der Waals surface area contributed by atoms with Gasteiger partial charge in [0.25, 0.3) is 0 Å². The molecule has 11 heavy (non-hydrogen) atoms. The Balaban J connectivity index is 3.08. The number of hydroxylamine groups is 1. The Kier molecular flexibility index (Phi) is 5.78. The first-order chi connectivity index (χ1) is 5.16. The minimum absolute atomic E-state index is 0.201. The standard InChI is InChI=1S/C7H15NO3/c1-6(2)11-5-3-4-7(9)8-10/h6,10H,3-5H2,1-2H3,(H,8,9). The molecule has 0 fully saturated rings. The molecule has 0 aliphatic carbocycles. The lowest BCUT2D eigenvalue weighted by atomic mass is 10.3. The third kappa shape index (κ3) is 7.29. The van der Waals surface area contributed by atoms with Crippen molar-refractivity contribution in [1.82, 2.24) is 5.48 Å². The van der Waals surface area contributed by atoms with E-state index in [1.54, 1.807) is 5.48 Å². The average molecular weight is 161 g/mol. The molecule has 66 valence electrons. The smallest absolute Gasteiger partial charge is 0.243 e. The first-order valence-electron chi connectivity index (χ1n) is 3.71. The highest BCUT2D eigenvalue weighted by atomic mass is 16.5. The van der Waals surface area contributed by atoms with Crippen LogP contribution in [0, 0.1) is 0 Å². The monoisotopic (exact) mass is 161 g/mol. The topological polar surface area (TPSA) is 58.6 Å². The molecule has 0 aromatic rings. The molecule has 0 rings (SSSR count). The van der Waals surface area contributed by atoms with Crippen molar-refractivity contribution in [3.05, 3.63) is 0 Å². The summed E-state index contributed by atoms with van der Waals surface area (Å²) in [7, 11) is 0. The number of carbonyl (C=O) groups excluding carboxylic acids is 1. The zero-order chi connectivity index (χ0) is 8.69. The van der Waals surface area contributed by atoms with E-state index < -0.39 is 0 Å². The van der Waals surface area contributed by atoms with E-state index in [0.29, 0.717) is 19.4 Å². The van der Waals surface area contributed by atoms with E-state index in [1.165, 1.54) is 0 Å². The number of hydrogen-bond acceptors (Lipinski definition) is 3. The Hall–Kier alpha value is -0.610. The zero-order valence-electron chi connectivity index (χ0n) is 6.96. The summed E-state index contributed by atoms with van der Waals surface area (Å²) in [6.07, 6.45) is 1.15. The van der Waals surface area contributed by atoms with Crippen molar-refractivity contribution in [1.29, 1.82) is 0 Å². The molecule has 0 heterocycles. The quantitative estimate of drug-likeness (QED) is 0.354. The third-order valence-corrected chi connectivity index (χ3v) is 1.12. The van der Waals surface area contributed by atoms with Gasteiger partial charge in [-0.2, -0.15) is 0 Å². The Morgan fingerprint density at radius 3 is 2.73 bits per heavy atom. The molecule has 0 aromatic heterocycles. The van der Waals surface area contributed by atoms with Gasteiger partial charge in [0, 0.05) is 13.0 Å². The maximum Gasteiger partial charge on any atom is 0.243 e. The second-order valence-corrected chi connectivity index (χ2v) is 2.56. The summed E-state index contributed by atoms with van der Waals surface area (Å²) in [4.78, 5) is 10.4. The molecule has 0 aliphatic rings. The minimum Gasteiger partial charge on any atom is -0.379 e. The predicted molar refractivity (Wildman–Crippen MR) is 40.3 cm³/mol. The molecular formula is C7H15NO3. The van der Waals surface area contributed by atoms with E-state index >= 15 is 0 Å². The lowest BCUT2D eigenvalue weighted by Crippen LogP contribution is -2.18. The highest BCUT2D eigenvalue weighted by Crippen LogP contribution is 1.93. The average Bonchev–Trinajstić information content (AvgIpc) is 1.97. The normalized spacial score (nSPS) is 10.2. The molecule has 2 N–H and O–H groups in total. The van der Waals surface area contributed by atoms with Crippen molar-refractivity contribution in [3.8, 4) is 0 Å². The van der Waals surface area contributed by atoms with Crippen LogP contribution < -0.4 is 5.48 Å². The molecule has 0 saturated carbocycles. The summed E-state index contributed by atoms with van der Waals surface area (Å²) < 4.78 is 5.18. The second kappa shape index (κ2) is 6.12. The Bertz CT molecular complexity index is 114. The van der Waals surface area contributed by atoms with Gasteiger partial charge in [0.1, 0.15) is 0 Å². The van der Waals surface area contributed by atoms with E-state index in [2.05, 4.69) is 0 Å². The van der Waals surface area contributed by atoms with Crippen LogP contribution in [0.4, 0.5) is 0 Å². The molecule has 0 atom stereocenters. The number of nitrogens with one attached hydrogen (secondary N) is 1. The Morgan fingerprint density at radius 2 is 2.27 bits per heavy atom. The number of hydrogen-bond donors (Lipinski definition) is 2. The van der Waals surface area contributed by atoms with Crippen molar-refractivity contribution < 1.29 is 14.7 Å². The van der Waals surface area contributed by atoms with Crippen LogP contribution in [0.3, 0.4) is 0 Å². The van der Waals surface area contributed by atoms with E-state index in [4.69, 9.17) is 9.94 Å². The van der Waals surface area contributed by atoms with Crippen molar-refractivity contribution in [2.45, 2.75) is 32.8 Å². The van der Waals surface area contributed by atoms with Crippen LogP contribution in [0.1, 0.15) is 26.7 Å². The lowest BCUT2D eigenvalue weighted by Gasteiger charge is -2.05. The van der Waals surface area contributed by atoms with Gasteiger partial charge in [-0.25, -0.2) is 5.48 Å². The summed E-state index contributed by atoms with van der Waals surface area (Å²) in [5.41, 5.74) is 1.56. The van der Waals surface area contributed by atoms with Gasteiger partial charge in [-0.3, -0.25) is 10.0 Å². The molecular weight excluding hydrogens is 146 g/mol. The maximum absolute atomic E-state index is 10.4. The first kappa shape index (κ1) is 10.4. The minimum atomic E-state index is -0.364. The molecule has 0 spiro atoms. The van der Waals surface area contributed by atoms with Gasteiger partial charge in [0.15, 0.2) is 0 Å². The first-order valence-corrected chi connectivity index (χ1v) is 3.71. The number of amides is 1. The molecule has 0 radical (unpaired) electrons. The molecule has 0 saturated heterocycles. The Labute approximate surface area is 66.5 Å². The largest absolute Gasteiger partial charge is 0.379 e. The molecule has 0 aliphatic heterocycles. The summed E-state index contributed by atoms with van der Waals surface area (Å²) >= 11 is 0. The molecule has 0 bridgehead atoms. The van der Waals surface area contributed by atoms with Crippen LogP contribution in [0.5, 0.6) is 0 Å². The molecule has 4 nitrogen and oxygen atoms in total. The molecule has 4 heteroatoms. The van der Waals surface area contributed by atoms with Crippen LogP contribution in [0.2, 0.25) is 0 Å². The van der Waals surface area contributed by atoms with Crippen LogP contribution in [0.25, 0.3) is 0 Å². The van der Waals surface area contributed by atoms with Crippen LogP contribution in [0.15, 0.2) is 0 Å². The van der Waals surface area contributed by atoms with Gasteiger partial charge in [0.2, 0.25) is 5.91 Å². The predicted octanol–water partition coefficient (Wildman–Crippen LogP) is 0.697. The van der Waals surface area contributed by atoms with Gasteiger partial charge in [0.05, 0.1) is 6.10 Å². The van der Waals surface area contributed by atoms with Crippen LogP contribution >= 0.6 is 0 Å². The van der Waals surface area contributed by atoms with E-state index in [9.17, 15) is 4.79 Å². The number of rotatable bonds is 5. The second-order valence-electron chi connectivity index (χ2n) is 2.56. The molecule has 1 amide bonds. The summed E-state index contributed by atoms with van der Waals surface area (Å²) in [5, 5.41) is 8.10. The van der Waals surface area contributed by atoms with Crippen molar-refractivity contribution in [3.63, 3.8) is 0 Å². The van der Waals surface area contributed by atoms with Gasteiger partial charge < -0.3 is 4.74 Å². The van der Waals surface area contributed by atoms with E-state index in [-0.39, 0.29) is 12.0 Å². The fraction of sp³-hybridized carbons (Fsp3) is 0.857. The molecule has 0 aromatic carbocycles. The van der Waals surface area contributed by atoms with Crippen LogP contribution in [-0.4, -0.2) is 23.8 Å². The Morgan fingerprint density at radius 1 is 1.64 bits per heavy atom.